The highest BCUT2D eigenvalue weighted by molar-refractivity contribution is 9.10. The van der Waals surface area contributed by atoms with Crippen LogP contribution in [0.15, 0.2) is 58.0 Å². The van der Waals surface area contributed by atoms with Gasteiger partial charge in [-0.25, -0.2) is 4.99 Å². The van der Waals surface area contributed by atoms with Crippen molar-refractivity contribution in [2.24, 2.45) is 4.99 Å². The minimum atomic E-state index is -4.80. The van der Waals surface area contributed by atoms with Gasteiger partial charge in [0.25, 0.3) is 5.91 Å². The quantitative estimate of drug-likeness (QED) is 0.412. The Morgan fingerprint density at radius 2 is 1.76 bits per heavy atom. The molecule has 2 aromatic rings. The van der Waals surface area contributed by atoms with E-state index in [2.05, 4.69) is 20.9 Å². The predicted octanol–water partition coefficient (Wildman–Crippen LogP) is 6.43. The highest BCUT2D eigenvalue weighted by atomic mass is 79.9. The van der Waals surface area contributed by atoms with Gasteiger partial charge in [-0.2, -0.15) is 26.3 Å². The molecule has 0 bridgehead atoms. The van der Waals surface area contributed by atoms with Crippen molar-refractivity contribution in [1.29, 1.82) is 0 Å². The summed E-state index contributed by atoms with van der Waals surface area (Å²) in [6, 6.07) is 14.3. The fourth-order valence-electron chi connectivity index (χ4n) is 4.34. The van der Waals surface area contributed by atoms with Gasteiger partial charge in [0.1, 0.15) is 6.54 Å². The second kappa shape index (κ2) is 8.65. The summed E-state index contributed by atoms with van der Waals surface area (Å²) in [6.07, 6.45) is -8.84. The number of hydrogen-bond donors (Lipinski definition) is 0. The minimum absolute atomic E-state index is 0.0593. The zero-order valence-corrected chi connectivity index (χ0v) is 19.3. The number of amidine groups is 1. The first-order valence-electron chi connectivity index (χ1n) is 9.90. The summed E-state index contributed by atoms with van der Waals surface area (Å²) >= 11 is 3.43. The van der Waals surface area contributed by atoms with Gasteiger partial charge in [0, 0.05) is 4.47 Å². The van der Waals surface area contributed by atoms with E-state index in [9.17, 15) is 31.1 Å². The van der Waals surface area contributed by atoms with Crippen molar-refractivity contribution in [1.82, 2.24) is 4.90 Å². The molecule has 0 aromatic heterocycles. The van der Waals surface area contributed by atoms with Crippen LogP contribution in [0, 0.1) is 0 Å². The van der Waals surface area contributed by atoms with Gasteiger partial charge in [0.2, 0.25) is 0 Å². The summed E-state index contributed by atoms with van der Waals surface area (Å²) in [7, 11) is 0. The maximum atomic E-state index is 13.5. The molecule has 1 amide bonds. The molecule has 0 fully saturated rings. The number of benzene rings is 2. The molecule has 2 unspecified atom stereocenters. The highest BCUT2D eigenvalue weighted by Crippen LogP contribution is 2.50. The molecular weight excluding hydrogens is 534 g/mol. The average Bonchev–Trinajstić information content (AvgIpc) is 2.98. The van der Waals surface area contributed by atoms with Crippen molar-refractivity contribution >= 4 is 38.8 Å². The van der Waals surface area contributed by atoms with Gasteiger partial charge < -0.3 is 0 Å². The van der Waals surface area contributed by atoms with Crippen LogP contribution < -0.4 is 0 Å². The number of fused-ring (bicyclic) bond motifs is 2. The van der Waals surface area contributed by atoms with Gasteiger partial charge in [-0.1, -0.05) is 64.1 Å². The molecule has 0 N–H and O–H groups in total. The second-order valence-corrected chi connectivity index (χ2v) is 9.84. The first-order chi connectivity index (χ1) is 15.4. The summed E-state index contributed by atoms with van der Waals surface area (Å²) in [5, 5.41) is -0.561. The van der Waals surface area contributed by atoms with E-state index in [0.29, 0.717) is 21.4 Å². The SMILES string of the molecule is O=C1N(CC(F)(F)F)C(SCC(F)(F)F)=NC12CC(c1ccccc1)Cc1ccc(Br)cc12. The number of thioether (sulfide) groups is 1. The number of aliphatic imine (C=N–C) groups is 1. The topological polar surface area (TPSA) is 32.7 Å². The van der Waals surface area contributed by atoms with Gasteiger partial charge in [-0.15, -0.1) is 0 Å². The van der Waals surface area contributed by atoms with Crippen LogP contribution in [0.2, 0.25) is 0 Å². The second-order valence-electron chi connectivity index (χ2n) is 7.98. The van der Waals surface area contributed by atoms with Crippen LogP contribution in [0.4, 0.5) is 26.3 Å². The molecule has 1 heterocycles. The van der Waals surface area contributed by atoms with Gasteiger partial charge in [-0.05, 0) is 47.6 Å². The van der Waals surface area contributed by atoms with Crippen LogP contribution in [0.25, 0.3) is 0 Å². The number of rotatable bonds is 3. The van der Waals surface area contributed by atoms with E-state index in [4.69, 9.17) is 0 Å². The van der Waals surface area contributed by atoms with E-state index < -0.39 is 41.3 Å². The van der Waals surface area contributed by atoms with Crippen molar-refractivity contribution in [2.75, 3.05) is 12.3 Å². The number of carbonyl (C=O) groups is 1. The Kier molecular flexibility index (Phi) is 6.32. The minimum Gasteiger partial charge on any atom is -0.280 e. The monoisotopic (exact) mass is 550 g/mol. The van der Waals surface area contributed by atoms with Crippen LogP contribution in [-0.4, -0.2) is 40.6 Å². The summed E-state index contributed by atoms with van der Waals surface area (Å²) < 4.78 is 79.1. The van der Waals surface area contributed by atoms with Crippen molar-refractivity contribution < 1.29 is 31.1 Å². The van der Waals surface area contributed by atoms with E-state index in [0.717, 1.165) is 11.1 Å². The summed E-state index contributed by atoms with van der Waals surface area (Å²) in [5.74, 6) is -2.64. The van der Waals surface area contributed by atoms with E-state index in [1.54, 1.807) is 18.2 Å². The zero-order chi connectivity index (χ0) is 24.0. The van der Waals surface area contributed by atoms with Crippen molar-refractivity contribution in [3.63, 3.8) is 0 Å². The molecule has 2 aliphatic rings. The lowest BCUT2D eigenvalue weighted by molar-refractivity contribution is -0.154. The van der Waals surface area contributed by atoms with Crippen LogP contribution >= 0.6 is 27.7 Å². The number of halogens is 7. The molecule has 176 valence electrons. The molecule has 1 spiro atoms. The van der Waals surface area contributed by atoms with E-state index in [-0.39, 0.29) is 24.1 Å². The Hall–Kier alpha value is -2.01. The maximum Gasteiger partial charge on any atom is 0.406 e. The Morgan fingerprint density at radius 1 is 1.06 bits per heavy atom. The van der Waals surface area contributed by atoms with Crippen LogP contribution in [0.1, 0.15) is 29.0 Å². The number of nitrogens with zero attached hydrogens (tertiary/aromatic N) is 2. The molecule has 2 aromatic carbocycles. The smallest absolute Gasteiger partial charge is 0.280 e. The fraction of sp³-hybridized carbons (Fsp3) is 0.364. The van der Waals surface area contributed by atoms with Gasteiger partial charge in [0.15, 0.2) is 10.7 Å². The number of amides is 1. The van der Waals surface area contributed by atoms with Crippen LogP contribution in [-0.2, 0) is 16.8 Å². The van der Waals surface area contributed by atoms with Crippen LogP contribution in [0.5, 0.6) is 0 Å². The van der Waals surface area contributed by atoms with Crippen LogP contribution in [0.3, 0.4) is 0 Å². The van der Waals surface area contributed by atoms with Gasteiger partial charge in [-0.3, -0.25) is 9.69 Å². The van der Waals surface area contributed by atoms with E-state index in [1.807, 2.05) is 30.3 Å². The molecule has 1 aliphatic heterocycles. The van der Waals surface area contributed by atoms with Crippen molar-refractivity contribution in [3.05, 3.63) is 69.7 Å². The molecule has 0 saturated heterocycles. The molecule has 33 heavy (non-hydrogen) atoms. The standard InChI is InChI=1S/C22H17BrF6N2OS/c23-16-7-6-14-8-15(13-4-2-1-3-5-13)10-20(17(14)9-16)18(32)31(11-21(24,25)26)19(30-20)33-12-22(27,28)29/h1-7,9,15H,8,10-12H2. The Balaban J connectivity index is 1.83. The lowest BCUT2D eigenvalue weighted by Gasteiger charge is -2.37. The number of carbonyl (C=O) groups excluding carboxylic acids is 1. The molecule has 1 aliphatic carbocycles. The highest BCUT2D eigenvalue weighted by Gasteiger charge is 2.56. The third kappa shape index (κ3) is 5.08. The molecule has 3 nitrogen and oxygen atoms in total. The van der Waals surface area contributed by atoms with Gasteiger partial charge >= 0.3 is 12.4 Å². The fourth-order valence-corrected chi connectivity index (χ4v) is 5.52. The first kappa shape index (κ1) is 24.1. The van der Waals surface area contributed by atoms with E-state index in [1.165, 1.54) is 0 Å². The lowest BCUT2D eigenvalue weighted by Crippen LogP contribution is -2.47. The average molecular weight is 551 g/mol. The molecular formula is C22H17BrF6N2OS. The third-order valence-corrected chi connectivity index (χ3v) is 7.15. The summed E-state index contributed by atoms with van der Waals surface area (Å²) in [6.45, 7) is -1.70. The molecule has 0 saturated carbocycles. The maximum absolute atomic E-state index is 13.5. The van der Waals surface area contributed by atoms with Crippen molar-refractivity contribution in [2.45, 2.75) is 36.7 Å². The number of hydrogen-bond acceptors (Lipinski definition) is 3. The predicted molar refractivity (Wildman–Crippen MR) is 117 cm³/mol. The molecule has 0 radical (unpaired) electrons. The first-order valence-corrected chi connectivity index (χ1v) is 11.7. The third-order valence-electron chi connectivity index (χ3n) is 5.62. The Labute approximate surface area is 198 Å². The molecule has 11 heteroatoms. The van der Waals surface area contributed by atoms with E-state index >= 15 is 0 Å². The zero-order valence-electron chi connectivity index (χ0n) is 16.9. The van der Waals surface area contributed by atoms with Crippen molar-refractivity contribution in [3.8, 4) is 0 Å². The van der Waals surface area contributed by atoms with Gasteiger partial charge in [0.05, 0.1) is 5.75 Å². The lowest BCUT2D eigenvalue weighted by atomic mass is 9.69. The normalized spacial score (nSPS) is 23.1. The summed E-state index contributed by atoms with van der Waals surface area (Å²) in [4.78, 5) is 18.2. The molecule has 4 rings (SSSR count). The Morgan fingerprint density at radius 3 is 2.39 bits per heavy atom. The summed E-state index contributed by atoms with van der Waals surface area (Å²) in [5.41, 5.74) is 0.303. The largest absolute Gasteiger partial charge is 0.406 e. The molecule has 2 atom stereocenters. The number of alkyl halides is 6. The Bertz CT molecular complexity index is 1090.